The fourth-order valence-electron chi connectivity index (χ4n) is 2.63. The van der Waals surface area contributed by atoms with Crippen molar-refractivity contribution in [3.63, 3.8) is 0 Å². The van der Waals surface area contributed by atoms with Crippen molar-refractivity contribution < 1.29 is 9.53 Å². The van der Waals surface area contributed by atoms with Crippen LogP contribution in [0.3, 0.4) is 0 Å². The Morgan fingerprint density at radius 1 is 0.917 bits per heavy atom. The lowest BCUT2D eigenvalue weighted by atomic mass is 10.1. The molecule has 24 heavy (non-hydrogen) atoms. The van der Waals surface area contributed by atoms with E-state index < -0.39 is 5.97 Å². The Labute approximate surface area is 150 Å². The van der Waals surface area contributed by atoms with E-state index in [2.05, 4.69) is 6.92 Å². The van der Waals surface area contributed by atoms with Crippen LogP contribution < -0.4 is 11.5 Å². The molecule has 0 aliphatic rings. The third-order valence-electron chi connectivity index (χ3n) is 4.10. The Bertz CT molecular complexity index is 483. The van der Waals surface area contributed by atoms with E-state index in [0.717, 1.165) is 12.8 Å². The average Bonchev–Trinajstić information content (AvgIpc) is 2.56. The SMILES string of the molecule is CCCCCCCCCCCCOC(=O)c1cc(N)c(Cl)c(N)c1. The molecule has 5 heteroatoms. The fraction of sp³-hybridized carbons (Fsp3) is 0.632. The van der Waals surface area contributed by atoms with Gasteiger partial charge in [0, 0.05) is 0 Å². The largest absolute Gasteiger partial charge is 0.462 e. The van der Waals surface area contributed by atoms with Gasteiger partial charge in [-0.05, 0) is 18.6 Å². The normalized spacial score (nSPS) is 10.8. The number of esters is 1. The highest BCUT2D eigenvalue weighted by Crippen LogP contribution is 2.27. The molecule has 0 radical (unpaired) electrons. The topological polar surface area (TPSA) is 78.3 Å². The van der Waals surface area contributed by atoms with Crippen molar-refractivity contribution in [3.05, 3.63) is 22.7 Å². The van der Waals surface area contributed by atoms with Crippen molar-refractivity contribution in [3.8, 4) is 0 Å². The first-order chi connectivity index (χ1) is 11.6. The lowest BCUT2D eigenvalue weighted by Gasteiger charge is -2.08. The quantitative estimate of drug-likeness (QED) is 0.291. The summed E-state index contributed by atoms with van der Waals surface area (Å²) >= 11 is 5.87. The molecule has 0 saturated carbocycles. The molecule has 0 unspecified atom stereocenters. The minimum absolute atomic E-state index is 0.279. The number of hydrogen-bond donors (Lipinski definition) is 2. The molecule has 0 saturated heterocycles. The molecule has 0 atom stereocenters. The molecule has 0 heterocycles. The van der Waals surface area contributed by atoms with Gasteiger partial charge in [-0.25, -0.2) is 4.79 Å². The van der Waals surface area contributed by atoms with Gasteiger partial charge in [0.05, 0.1) is 28.6 Å². The summed E-state index contributed by atoms with van der Waals surface area (Å²) in [7, 11) is 0. The van der Waals surface area contributed by atoms with Crippen molar-refractivity contribution in [1.29, 1.82) is 0 Å². The van der Waals surface area contributed by atoms with E-state index in [-0.39, 0.29) is 5.02 Å². The second-order valence-corrected chi connectivity index (χ2v) is 6.66. The third kappa shape index (κ3) is 7.91. The molecule has 0 amide bonds. The molecule has 4 nitrogen and oxygen atoms in total. The fourth-order valence-corrected chi connectivity index (χ4v) is 2.73. The molecule has 0 aliphatic heterocycles. The summed E-state index contributed by atoms with van der Waals surface area (Å²) in [6.07, 6.45) is 12.5. The predicted octanol–water partition coefficient (Wildman–Crippen LogP) is 5.58. The van der Waals surface area contributed by atoms with E-state index in [1.165, 1.54) is 63.5 Å². The summed E-state index contributed by atoms with van der Waals surface area (Å²) in [4.78, 5) is 11.9. The van der Waals surface area contributed by atoms with Gasteiger partial charge >= 0.3 is 5.97 Å². The molecule has 0 bridgehead atoms. The van der Waals surface area contributed by atoms with Gasteiger partial charge in [0.25, 0.3) is 0 Å². The standard InChI is InChI=1S/C19H31ClN2O2/c1-2-3-4-5-6-7-8-9-10-11-12-24-19(23)15-13-16(21)18(20)17(22)14-15/h13-14H,2-12,21-22H2,1H3. The van der Waals surface area contributed by atoms with Gasteiger partial charge in [-0.3, -0.25) is 0 Å². The molecule has 0 aromatic heterocycles. The van der Waals surface area contributed by atoms with Gasteiger partial charge in [-0.2, -0.15) is 0 Å². The minimum Gasteiger partial charge on any atom is -0.462 e. The molecule has 136 valence electrons. The number of unbranched alkanes of at least 4 members (excludes halogenated alkanes) is 9. The van der Waals surface area contributed by atoms with Gasteiger partial charge in [0.2, 0.25) is 0 Å². The number of carbonyl (C=O) groups excluding carboxylic acids is 1. The number of benzene rings is 1. The van der Waals surface area contributed by atoms with Gasteiger partial charge in [0.1, 0.15) is 0 Å². The lowest BCUT2D eigenvalue weighted by Crippen LogP contribution is -2.08. The van der Waals surface area contributed by atoms with Gasteiger partial charge in [0.15, 0.2) is 0 Å². The molecule has 1 rings (SSSR count). The maximum atomic E-state index is 11.9. The molecule has 0 spiro atoms. The maximum absolute atomic E-state index is 11.9. The zero-order valence-corrected chi connectivity index (χ0v) is 15.5. The number of rotatable bonds is 12. The molecule has 0 fully saturated rings. The van der Waals surface area contributed by atoms with E-state index in [1.54, 1.807) is 0 Å². The molecule has 1 aromatic rings. The van der Waals surface area contributed by atoms with E-state index >= 15 is 0 Å². The summed E-state index contributed by atoms with van der Waals surface area (Å²) in [5, 5.41) is 0.279. The number of nitrogens with two attached hydrogens (primary N) is 2. The molecular weight excluding hydrogens is 324 g/mol. The predicted molar refractivity (Wildman–Crippen MR) is 102 cm³/mol. The highest BCUT2D eigenvalue weighted by atomic mass is 35.5. The van der Waals surface area contributed by atoms with Crippen molar-refractivity contribution in [2.24, 2.45) is 0 Å². The molecule has 4 N–H and O–H groups in total. The van der Waals surface area contributed by atoms with Gasteiger partial charge in [-0.1, -0.05) is 76.3 Å². The van der Waals surface area contributed by atoms with E-state index in [1.807, 2.05) is 0 Å². The van der Waals surface area contributed by atoms with Gasteiger partial charge < -0.3 is 16.2 Å². The van der Waals surface area contributed by atoms with Crippen LogP contribution in [0, 0.1) is 0 Å². The van der Waals surface area contributed by atoms with Crippen molar-refractivity contribution in [2.75, 3.05) is 18.1 Å². The first-order valence-corrected chi connectivity index (χ1v) is 9.45. The van der Waals surface area contributed by atoms with Crippen LogP contribution in [-0.4, -0.2) is 12.6 Å². The highest BCUT2D eigenvalue weighted by molar-refractivity contribution is 6.35. The molecule has 0 aliphatic carbocycles. The monoisotopic (exact) mass is 354 g/mol. The second-order valence-electron chi connectivity index (χ2n) is 6.29. The van der Waals surface area contributed by atoms with Crippen LogP contribution in [0.1, 0.15) is 81.5 Å². The number of carbonyl (C=O) groups is 1. The number of anilines is 2. The Balaban J connectivity index is 2.08. The van der Waals surface area contributed by atoms with Crippen molar-refractivity contribution >= 4 is 28.9 Å². The maximum Gasteiger partial charge on any atom is 0.338 e. The number of halogens is 1. The summed E-state index contributed by atoms with van der Waals surface area (Å²) in [6, 6.07) is 3.00. The third-order valence-corrected chi connectivity index (χ3v) is 4.53. The number of hydrogen-bond acceptors (Lipinski definition) is 4. The minimum atomic E-state index is -0.402. The Morgan fingerprint density at radius 2 is 1.38 bits per heavy atom. The van der Waals surface area contributed by atoms with Gasteiger partial charge in [-0.15, -0.1) is 0 Å². The highest BCUT2D eigenvalue weighted by Gasteiger charge is 2.11. The second kappa shape index (κ2) is 12.0. The van der Waals surface area contributed by atoms with E-state index in [0.29, 0.717) is 23.5 Å². The van der Waals surface area contributed by atoms with Crippen LogP contribution in [0.2, 0.25) is 5.02 Å². The molecule has 1 aromatic carbocycles. The zero-order valence-electron chi connectivity index (χ0n) is 14.8. The first-order valence-electron chi connectivity index (χ1n) is 9.08. The van der Waals surface area contributed by atoms with Crippen molar-refractivity contribution in [2.45, 2.75) is 71.1 Å². The Morgan fingerprint density at radius 3 is 1.88 bits per heavy atom. The van der Waals surface area contributed by atoms with E-state index in [9.17, 15) is 4.79 Å². The lowest BCUT2D eigenvalue weighted by molar-refractivity contribution is 0.0498. The average molecular weight is 355 g/mol. The van der Waals surface area contributed by atoms with Crippen LogP contribution in [0.15, 0.2) is 12.1 Å². The van der Waals surface area contributed by atoms with Crippen LogP contribution in [0.5, 0.6) is 0 Å². The summed E-state index contributed by atoms with van der Waals surface area (Å²) in [5.74, 6) is -0.402. The smallest absolute Gasteiger partial charge is 0.338 e. The van der Waals surface area contributed by atoms with Crippen molar-refractivity contribution in [1.82, 2.24) is 0 Å². The molecular formula is C19H31ClN2O2. The summed E-state index contributed by atoms with van der Waals surface area (Å²) < 4.78 is 5.26. The van der Waals surface area contributed by atoms with E-state index in [4.69, 9.17) is 27.8 Å². The van der Waals surface area contributed by atoms with Crippen LogP contribution in [-0.2, 0) is 4.74 Å². The van der Waals surface area contributed by atoms with Crippen LogP contribution in [0.25, 0.3) is 0 Å². The Hall–Kier alpha value is -1.42. The van der Waals surface area contributed by atoms with Crippen LogP contribution in [0.4, 0.5) is 11.4 Å². The number of ether oxygens (including phenoxy) is 1. The first kappa shape index (κ1) is 20.6. The Kier molecular flexibility index (Phi) is 10.3. The van der Waals surface area contributed by atoms with Crippen LogP contribution >= 0.6 is 11.6 Å². The zero-order chi connectivity index (χ0) is 17.8. The summed E-state index contributed by atoms with van der Waals surface area (Å²) in [6.45, 7) is 2.67. The number of nitrogen functional groups attached to an aromatic ring is 2. The summed E-state index contributed by atoms with van der Waals surface area (Å²) in [5.41, 5.74) is 12.3.